The summed E-state index contributed by atoms with van der Waals surface area (Å²) in [6, 6.07) is 14.8. The maximum absolute atomic E-state index is 12.6. The lowest BCUT2D eigenvalue weighted by molar-refractivity contribution is -0.145. The third-order valence-corrected chi connectivity index (χ3v) is 6.37. The van der Waals surface area contributed by atoms with Gasteiger partial charge in [-0.1, -0.05) is 41.9 Å². The second-order valence-electron chi connectivity index (χ2n) is 7.33. The third-order valence-electron chi connectivity index (χ3n) is 5.02. The number of fused-ring (bicyclic) bond motifs is 1. The van der Waals surface area contributed by atoms with Crippen molar-refractivity contribution in [2.75, 3.05) is 19.8 Å². The van der Waals surface area contributed by atoms with E-state index in [1.54, 1.807) is 30.0 Å². The van der Waals surface area contributed by atoms with Gasteiger partial charge in [-0.2, -0.15) is 0 Å². The number of ether oxygens (including phenoxy) is 3. The van der Waals surface area contributed by atoms with Crippen LogP contribution in [-0.4, -0.2) is 41.7 Å². The van der Waals surface area contributed by atoms with Gasteiger partial charge in [0.15, 0.2) is 6.61 Å². The number of amides is 1. The predicted octanol–water partition coefficient (Wildman–Crippen LogP) is 5.10. The Morgan fingerprint density at radius 3 is 2.76 bits per heavy atom. The molecule has 1 aliphatic rings. The lowest BCUT2D eigenvalue weighted by atomic mass is 10.2. The highest BCUT2D eigenvalue weighted by Gasteiger charge is 2.26. The van der Waals surface area contributed by atoms with Crippen molar-refractivity contribution >= 4 is 35.0 Å². The minimum Gasteiger partial charge on any atom is -0.481 e. The van der Waals surface area contributed by atoms with Gasteiger partial charge >= 0.3 is 12.1 Å². The van der Waals surface area contributed by atoms with Crippen molar-refractivity contribution in [3.63, 3.8) is 0 Å². The molecule has 2 aromatic carbocycles. The minimum atomic E-state index is -0.443. The fourth-order valence-corrected chi connectivity index (χ4v) is 4.73. The molecular weight excluding hydrogens is 464 g/mol. The van der Waals surface area contributed by atoms with E-state index in [1.807, 2.05) is 30.3 Å². The Morgan fingerprint density at radius 1 is 1.15 bits per heavy atom. The highest BCUT2D eigenvalue weighted by atomic mass is 35.5. The first-order valence-electron chi connectivity index (χ1n) is 10.6. The molecule has 3 aromatic rings. The van der Waals surface area contributed by atoms with E-state index in [0.717, 1.165) is 21.1 Å². The molecule has 0 unspecified atom stereocenters. The number of esters is 1. The summed E-state index contributed by atoms with van der Waals surface area (Å²) >= 11 is 7.69. The smallest absolute Gasteiger partial charge is 0.410 e. The zero-order valence-electron chi connectivity index (χ0n) is 18.1. The first-order valence-corrected chi connectivity index (χ1v) is 11.8. The van der Waals surface area contributed by atoms with Crippen molar-refractivity contribution in [3.8, 4) is 16.3 Å². The second-order valence-corrected chi connectivity index (χ2v) is 8.85. The van der Waals surface area contributed by atoms with Gasteiger partial charge in [0.1, 0.15) is 17.4 Å². The van der Waals surface area contributed by atoms with Crippen molar-refractivity contribution in [1.29, 1.82) is 0 Å². The van der Waals surface area contributed by atoms with Gasteiger partial charge in [0.25, 0.3) is 0 Å². The molecule has 0 N–H and O–H groups in total. The molecule has 1 aliphatic heterocycles. The van der Waals surface area contributed by atoms with Gasteiger partial charge in [-0.15, -0.1) is 11.3 Å². The topological polar surface area (TPSA) is 78.0 Å². The summed E-state index contributed by atoms with van der Waals surface area (Å²) in [4.78, 5) is 31.7. The summed E-state index contributed by atoms with van der Waals surface area (Å²) in [6.45, 7) is 3.03. The predicted molar refractivity (Wildman–Crippen MR) is 125 cm³/mol. The molecule has 9 heteroatoms. The van der Waals surface area contributed by atoms with Crippen molar-refractivity contribution in [3.05, 3.63) is 69.7 Å². The van der Waals surface area contributed by atoms with E-state index in [2.05, 4.69) is 0 Å². The van der Waals surface area contributed by atoms with Gasteiger partial charge in [-0.3, -0.25) is 0 Å². The summed E-state index contributed by atoms with van der Waals surface area (Å²) < 4.78 is 16.1. The van der Waals surface area contributed by atoms with Gasteiger partial charge in [0, 0.05) is 22.9 Å². The minimum absolute atomic E-state index is 0.200. The molecule has 4 rings (SSSR count). The molecular formula is C24H23ClN2O5S. The number of thiazole rings is 1. The number of halogens is 1. The maximum atomic E-state index is 12.6. The molecule has 172 valence electrons. The normalized spacial score (nSPS) is 12.7. The van der Waals surface area contributed by atoms with Gasteiger partial charge < -0.3 is 19.1 Å². The first kappa shape index (κ1) is 23.1. The molecule has 2 heterocycles. The summed E-state index contributed by atoms with van der Waals surface area (Å²) in [7, 11) is 0. The van der Waals surface area contributed by atoms with Crippen LogP contribution in [-0.2, 0) is 33.8 Å². The fraction of sp³-hybridized carbons (Fsp3) is 0.292. The third kappa shape index (κ3) is 5.83. The number of carbonyl (C=O) groups excluding carboxylic acids is 2. The Labute approximate surface area is 200 Å². The van der Waals surface area contributed by atoms with Crippen LogP contribution in [0.25, 0.3) is 10.6 Å². The molecule has 7 nitrogen and oxygen atoms in total. The highest BCUT2D eigenvalue weighted by Crippen LogP contribution is 2.38. The van der Waals surface area contributed by atoms with Crippen molar-refractivity contribution in [2.45, 2.75) is 26.5 Å². The molecule has 0 aliphatic carbocycles. The van der Waals surface area contributed by atoms with Crippen LogP contribution in [0.4, 0.5) is 4.79 Å². The van der Waals surface area contributed by atoms with Crippen LogP contribution >= 0.6 is 22.9 Å². The van der Waals surface area contributed by atoms with E-state index >= 15 is 0 Å². The van der Waals surface area contributed by atoms with Crippen LogP contribution < -0.4 is 4.74 Å². The summed E-state index contributed by atoms with van der Waals surface area (Å²) in [6.07, 6.45) is 0.284. The lowest BCUT2D eigenvalue weighted by Gasteiger charge is -2.25. The van der Waals surface area contributed by atoms with Crippen LogP contribution in [0.5, 0.6) is 5.75 Å². The van der Waals surface area contributed by atoms with E-state index in [9.17, 15) is 9.59 Å². The van der Waals surface area contributed by atoms with Crippen LogP contribution in [0, 0.1) is 0 Å². The molecule has 0 spiro atoms. The number of hydrogen-bond donors (Lipinski definition) is 0. The van der Waals surface area contributed by atoms with Gasteiger partial charge in [0.2, 0.25) is 0 Å². The van der Waals surface area contributed by atoms with Crippen molar-refractivity contribution < 1.29 is 23.8 Å². The fourth-order valence-electron chi connectivity index (χ4n) is 3.41. The van der Waals surface area contributed by atoms with Crippen LogP contribution in [0.3, 0.4) is 0 Å². The Morgan fingerprint density at radius 2 is 1.97 bits per heavy atom. The molecule has 0 fully saturated rings. The number of carbonyl (C=O) groups is 2. The number of hydrogen-bond acceptors (Lipinski definition) is 7. The molecule has 0 bridgehead atoms. The number of rotatable bonds is 7. The quantitative estimate of drug-likeness (QED) is 0.432. The summed E-state index contributed by atoms with van der Waals surface area (Å²) in [5.41, 5.74) is 2.59. The Hall–Kier alpha value is -3.10. The van der Waals surface area contributed by atoms with Crippen LogP contribution in [0.1, 0.15) is 23.1 Å². The average molecular weight is 487 g/mol. The maximum Gasteiger partial charge on any atom is 0.410 e. The Kier molecular flexibility index (Phi) is 7.47. The number of nitrogens with zero attached hydrogens (tertiary/aromatic N) is 2. The van der Waals surface area contributed by atoms with Gasteiger partial charge in [0.05, 0.1) is 24.4 Å². The zero-order chi connectivity index (χ0) is 23.2. The molecule has 1 aromatic heterocycles. The van der Waals surface area contributed by atoms with Gasteiger partial charge in [-0.05, 0) is 30.7 Å². The number of benzene rings is 2. The van der Waals surface area contributed by atoms with E-state index < -0.39 is 5.97 Å². The summed E-state index contributed by atoms with van der Waals surface area (Å²) in [5, 5.41) is 1.26. The monoisotopic (exact) mass is 486 g/mol. The Bertz CT molecular complexity index is 1140. The van der Waals surface area contributed by atoms with E-state index in [-0.39, 0.29) is 19.3 Å². The van der Waals surface area contributed by atoms with E-state index in [1.165, 1.54) is 11.3 Å². The average Bonchev–Trinajstić information content (AvgIpc) is 3.26. The lowest BCUT2D eigenvalue weighted by Crippen LogP contribution is -2.35. The largest absolute Gasteiger partial charge is 0.481 e. The molecule has 0 saturated carbocycles. The molecule has 33 heavy (non-hydrogen) atoms. The van der Waals surface area contributed by atoms with Crippen molar-refractivity contribution in [1.82, 2.24) is 9.88 Å². The molecule has 0 saturated heterocycles. The molecule has 1 amide bonds. The van der Waals surface area contributed by atoms with E-state index in [4.69, 9.17) is 30.8 Å². The Balaban J connectivity index is 1.46. The first-order chi connectivity index (χ1) is 16.0. The standard InChI is InChI=1S/C24H23ClN2O5S/c1-2-30-22(28)15-31-20-9-8-17(25)12-18(20)23-26-19-10-11-27(13-21(19)33-23)24(29)32-14-16-6-4-3-5-7-16/h3-9,12H,2,10-11,13-15H2,1H3. The molecule has 0 atom stereocenters. The van der Waals surface area contributed by atoms with Crippen molar-refractivity contribution in [2.24, 2.45) is 0 Å². The summed E-state index contributed by atoms with van der Waals surface area (Å²) in [5.74, 6) is 0.0548. The van der Waals surface area contributed by atoms with Gasteiger partial charge in [-0.25, -0.2) is 14.6 Å². The van der Waals surface area contributed by atoms with Crippen LogP contribution in [0.2, 0.25) is 5.02 Å². The zero-order valence-corrected chi connectivity index (χ0v) is 19.7. The van der Waals surface area contributed by atoms with E-state index in [0.29, 0.717) is 42.5 Å². The molecule has 0 radical (unpaired) electrons. The van der Waals surface area contributed by atoms with Crippen LogP contribution in [0.15, 0.2) is 48.5 Å². The second kappa shape index (κ2) is 10.7. The highest BCUT2D eigenvalue weighted by molar-refractivity contribution is 7.15. The SMILES string of the molecule is CCOC(=O)COc1ccc(Cl)cc1-c1nc2c(s1)CN(C(=O)OCc1ccccc1)CC2. The number of aromatic nitrogens is 1.